The summed E-state index contributed by atoms with van der Waals surface area (Å²) < 4.78 is 31.5. The zero-order valence-electron chi connectivity index (χ0n) is 8.71. The molecule has 0 aromatic heterocycles. The van der Waals surface area contributed by atoms with Crippen LogP contribution in [-0.2, 0) is 4.74 Å². The average molecular weight is 226 g/mol. The summed E-state index contributed by atoms with van der Waals surface area (Å²) in [5, 5.41) is 0. The molecule has 0 bridgehead atoms. The topological polar surface area (TPSA) is 26.3 Å². The van der Waals surface area contributed by atoms with Crippen molar-refractivity contribution in [1.82, 2.24) is 0 Å². The van der Waals surface area contributed by atoms with Crippen LogP contribution in [0.3, 0.4) is 0 Å². The Morgan fingerprint density at radius 2 is 1.94 bits per heavy atom. The third kappa shape index (κ3) is 2.11. The average Bonchev–Trinajstić information content (AvgIpc) is 2.33. The van der Waals surface area contributed by atoms with E-state index in [-0.39, 0.29) is 17.3 Å². The summed E-state index contributed by atoms with van der Waals surface area (Å²) >= 11 is 0. The van der Waals surface area contributed by atoms with Crippen LogP contribution in [0.2, 0.25) is 0 Å². The lowest BCUT2D eigenvalue weighted by Crippen LogP contribution is -2.24. The van der Waals surface area contributed by atoms with Crippen molar-refractivity contribution in [2.75, 3.05) is 13.2 Å². The molecule has 1 fully saturated rings. The highest BCUT2D eigenvalue weighted by molar-refractivity contribution is 5.98. The lowest BCUT2D eigenvalue weighted by Gasteiger charge is -2.20. The van der Waals surface area contributed by atoms with Gasteiger partial charge in [0, 0.05) is 19.1 Å². The van der Waals surface area contributed by atoms with Crippen molar-refractivity contribution < 1.29 is 18.3 Å². The molecule has 0 radical (unpaired) electrons. The van der Waals surface area contributed by atoms with Crippen LogP contribution >= 0.6 is 0 Å². The van der Waals surface area contributed by atoms with Crippen LogP contribution in [0.1, 0.15) is 23.2 Å². The lowest BCUT2D eigenvalue weighted by atomic mass is 9.91. The highest BCUT2D eigenvalue weighted by Gasteiger charge is 2.25. The van der Waals surface area contributed by atoms with E-state index in [0.717, 1.165) is 6.07 Å². The van der Waals surface area contributed by atoms with Crippen molar-refractivity contribution in [2.24, 2.45) is 5.92 Å². The number of ether oxygens (including phenoxy) is 1. The predicted molar refractivity (Wildman–Crippen MR) is 54.2 cm³/mol. The Bertz CT molecular complexity index is 398. The predicted octanol–water partition coefficient (Wildman–Crippen LogP) is 2.57. The van der Waals surface area contributed by atoms with Crippen molar-refractivity contribution in [3.8, 4) is 0 Å². The standard InChI is InChI=1S/C12H12F2O2/c13-10-3-1-2-9(11(10)14)12(15)8-4-6-16-7-5-8/h1-3,8H,4-7H2. The van der Waals surface area contributed by atoms with Crippen LogP contribution in [0.15, 0.2) is 18.2 Å². The summed E-state index contributed by atoms with van der Waals surface area (Å²) in [5.41, 5.74) is -0.146. The minimum atomic E-state index is -1.04. The van der Waals surface area contributed by atoms with Gasteiger partial charge in [-0.3, -0.25) is 4.79 Å². The van der Waals surface area contributed by atoms with Gasteiger partial charge < -0.3 is 4.74 Å². The van der Waals surface area contributed by atoms with E-state index in [1.54, 1.807) is 0 Å². The highest BCUT2D eigenvalue weighted by atomic mass is 19.2. The van der Waals surface area contributed by atoms with Gasteiger partial charge in [-0.2, -0.15) is 0 Å². The fourth-order valence-corrected chi connectivity index (χ4v) is 1.87. The monoisotopic (exact) mass is 226 g/mol. The van der Waals surface area contributed by atoms with Crippen LogP contribution < -0.4 is 0 Å². The van der Waals surface area contributed by atoms with Gasteiger partial charge in [-0.1, -0.05) is 6.07 Å². The number of hydrogen-bond acceptors (Lipinski definition) is 2. The first kappa shape index (κ1) is 11.2. The summed E-state index contributed by atoms with van der Waals surface area (Å²) in [6, 6.07) is 3.69. The Kier molecular flexibility index (Phi) is 3.29. The van der Waals surface area contributed by atoms with E-state index < -0.39 is 11.6 Å². The van der Waals surface area contributed by atoms with Gasteiger partial charge in [0.15, 0.2) is 17.4 Å². The third-order valence-corrected chi connectivity index (χ3v) is 2.81. The summed E-state index contributed by atoms with van der Waals surface area (Å²) in [6.07, 6.45) is 1.16. The first-order chi connectivity index (χ1) is 7.70. The van der Waals surface area contributed by atoms with Gasteiger partial charge >= 0.3 is 0 Å². The number of ketones is 1. The molecule has 1 aromatic carbocycles. The first-order valence-electron chi connectivity index (χ1n) is 5.26. The largest absolute Gasteiger partial charge is 0.381 e. The van der Waals surface area contributed by atoms with Gasteiger partial charge in [0.1, 0.15) is 0 Å². The number of halogens is 2. The second kappa shape index (κ2) is 4.70. The summed E-state index contributed by atoms with van der Waals surface area (Å²) in [6.45, 7) is 1.01. The van der Waals surface area contributed by atoms with Crippen LogP contribution in [0.25, 0.3) is 0 Å². The van der Waals surface area contributed by atoms with Crippen LogP contribution in [0.4, 0.5) is 8.78 Å². The number of carbonyl (C=O) groups excluding carboxylic acids is 1. The number of rotatable bonds is 2. The van der Waals surface area contributed by atoms with Crippen molar-refractivity contribution in [3.05, 3.63) is 35.4 Å². The molecule has 1 aromatic rings. The SMILES string of the molecule is O=C(c1cccc(F)c1F)C1CCOCC1. The van der Waals surface area contributed by atoms with Gasteiger partial charge in [0.2, 0.25) is 0 Å². The van der Waals surface area contributed by atoms with Gasteiger partial charge in [-0.25, -0.2) is 8.78 Å². The molecule has 4 heteroatoms. The maximum absolute atomic E-state index is 13.4. The second-order valence-corrected chi connectivity index (χ2v) is 3.85. The Hall–Kier alpha value is -1.29. The van der Waals surface area contributed by atoms with Crippen LogP contribution in [0.5, 0.6) is 0 Å². The van der Waals surface area contributed by atoms with Crippen molar-refractivity contribution in [1.29, 1.82) is 0 Å². The van der Waals surface area contributed by atoms with E-state index in [1.165, 1.54) is 12.1 Å². The molecule has 1 aliphatic heterocycles. The molecule has 0 N–H and O–H groups in total. The molecule has 16 heavy (non-hydrogen) atoms. The van der Waals surface area contributed by atoms with Gasteiger partial charge in [-0.15, -0.1) is 0 Å². The quantitative estimate of drug-likeness (QED) is 0.724. The molecular weight excluding hydrogens is 214 g/mol. The van der Waals surface area contributed by atoms with Gasteiger partial charge in [-0.05, 0) is 25.0 Å². The van der Waals surface area contributed by atoms with E-state index >= 15 is 0 Å². The molecule has 0 aliphatic carbocycles. The van der Waals surface area contributed by atoms with Gasteiger partial charge in [0.25, 0.3) is 0 Å². The lowest BCUT2D eigenvalue weighted by molar-refractivity contribution is 0.0541. The molecule has 0 saturated carbocycles. The smallest absolute Gasteiger partial charge is 0.169 e. The molecule has 1 saturated heterocycles. The fraction of sp³-hybridized carbons (Fsp3) is 0.417. The number of carbonyl (C=O) groups is 1. The van der Waals surface area contributed by atoms with Crippen molar-refractivity contribution in [2.45, 2.75) is 12.8 Å². The Morgan fingerprint density at radius 3 is 2.62 bits per heavy atom. The zero-order chi connectivity index (χ0) is 11.5. The maximum atomic E-state index is 13.4. The molecule has 2 nitrogen and oxygen atoms in total. The third-order valence-electron chi connectivity index (χ3n) is 2.81. The second-order valence-electron chi connectivity index (χ2n) is 3.85. The molecule has 2 rings (SSSR count). The highest BCUT2D eigenvalue weighted by Crippen LogP contribution is 2.22. The van der Waals surface area contributed by atoms with Crippen LogP contribution in [0, 0.1) is 17.6 Å². The van der Waals surface area contributed by atoms with Gasteiger partial charge in [0.05, 0.1) is 5.56 Å². The van der Waals surface area contributed by atoms with E-state index in [4.69, 9.17) is 4.74 Å². The van der Waals surface area contributed by atoms with E-state index in [0.29, 0.717) is 26.1 Å². The minimum Gasteiger partial charge on any atom is -0.381 e. The fourth-order valence-electron chi connectivity index (χ4n) is 1.87. The molecule has 0 amide bonds. The minimum absolute atomic E-state index is 0.146. The molecule has 1 heterocycles. The number of hydrogen-bond donors (Lipinski definition) is 0. The molecule has 0 atom stereocenters. The Labute approximate surface area is 92.2 Å². The summed E-state index contributed by atoms with van der Waals surface area (Å²) in [4.78, 5) is 11.9. The van der Waals surface area contributed by atoms with E-state index in [9.17, 15) is 13.6 Å². The Morgan fingerprint density at radius 1 is 1.25 bits per heavy atom. The normalized spacial score (nSPS) is 17.4. The molecule has 86 valence electrons. The Balaban J connectivity index is 2.22. The number of benzene rings is 1. The van der Waals surface area contributed by atoms with E-state index in [2.05, 4.69) is 0 Å². The summed E-state index contributed by atoms with van der Waals surface area (Å²) in [5.74, 6) is -2.58. The summed E-state index contributed by atoms with van der Waals surface area (Å²) in [7, 11) is 0. The van der Waals surface area contributed by atoms with Crippen molar-refractivity contribution >= 4 is 5.78 Å². The van der Waals surface area contributed by atoms with E-state index in [1.807, 2.05) is 0 Å². The molecule has 1 aliphatic rings. The van der Waals surface area contributed by atoms with Crippen LogP contribution in [-0.4, -0.2) is 19.0 Å². The van der Waals surface area contributed by atoms with Crippen molar-refractivity contribution in [3.63, 3.8) is 0 Å². The first-order valence-corrected chi connectivity index (χ1v) is 5.26. The molecule has 0 spiro atoms. The number of Topliss-reactive ketones (excluding diaryl/α,β-unsaturated/α-hetero) is 1. The molecule has 0 unspecified atom stereocenters. The molecular formula is C12H12F2O2. The zero-order valence-corrected chi connectivity index (χ0v) is 8.71. The maximum Gasteiger partial charge on any atom is 0.169 e.